The molecule has 0 aromatic carbocycles. The normalized spacial score (nSPS) is 13.8. The van der Waals surface area contributed by atoms with Crippen LogP contribution in [0.3, 0.4) is 0 Å². The summed E-state index contributed by atoms with van der Waals surface area (Å²) in [4.78, 5) is 11.3. The molecule has 0 aliphatic heterocycles. The Morgan fingerprint density at radius 2 is 1.93 bits per heavy atom. The zero-order valence-corrected chi connectivity index (χ0v) is 10.3. The summed E-state index contributed by atoms with van der Waals surface area (Å²) in [6.45, 7) is 8.74. The first kappa shape index (κ1) is 14.2. The summed E-state index contributed by atoms with van der Waals surface area (Å²) in [5.74, 6) is 0.348. The number of hydrogen-bond donors (Lipinski definition) is 1. The third-order valence-corrected chi connectivity index (χ3v) is 1.66. The van der Waals surface area contributed by atoms with Gasteiger partial charge in [-0.25, -0.2) is 9.18 Å². The van der Waals surface area contributed by atoms with Gasteiger partial charge in [-0.2, -0.15) is 0 Å². The molecule has 0 bridgehead atoms. The Hall–Kier alpha value is -0.800. The molecule has 3 nitrogen and oxygen atoms in total. The minimum atomic E-state index is -0.558. The van der Waals surface area contributed by atoms with Gasteiger partial charge in [-0.15, -0.1) is 0 Å². The van der Waals surface area contributed by atoms with Crippen molar-refractivity contribution in [2.24, 2.45) is 5.92 Å². The highest BCUT2D eigenvalue weighted by Crippen LogP contribution is 2.09. The maximum Gasteiger partial charge on any atom is 0.407 e. The summed E-state index contributed by atoms with van der Waals surface area (Å²) in [6, 6.07) is -0.445. The second-order valence-corrected chi connectivity index (χ2v) is 5.13. The van der Waals surface area contributed by atoms with Crippen LogP contribution in [0.25, 0.3) is 0 Å². The number of carbonyl (C=O) groups excluding carboxylic acids is 1. The average Bonchev–Trinajstić information content (AvgIpc) is 1.98. The van der Waals surface area contributed by atoms with Crippen molar-refractivity contribution in [3.8, 4) is 0 Å². The molecule has 1 atom stereocenters. The van der Waals surface area contributed by atoms with E-state index in [-0.39, 0.29) is 0 Å². The molecular formula is C11H22FNO2. The van der Waals surface area contributed by atoms with Crippen LogP contribution in [-0.2, 0) is 4.74 Å². The minimum absolute atomic E-state index is 0.348. The van der Waals surface area contributed by atoms with Crippen LogP contribution in [0.5, 0.6) is 0 Å². The van der Waals surface area contributed by atoms with Crippen molar-refractivity contribution in [3.05, 3.63) is 0 Å². The van der Waals surface area contributed by atoms with E-state index in [4.69, 9.17) is 4.74 Å². The van der Waals surface area contributed by atoms with Crippen molar-refractivity contribution in [1.82, 2.24) is 5.32 Å². The van der Waals surface area contributed by atoms with E-state index in [0.29, 0.717) is 12.3 Å². The lowest BCUT2D eigenvalue weighted by atomic mass is 10.1. The van der Waals surface area contributed by atoms with Crippen LogP contribution in [0, 0.1) is 5.92 Å². The zero-order valence-electron chi connectivity index (χ0n) is 10.3. The van der Waals surface area contributed by atoms with Crippen molar-refractivity contribution in [1.29, 1.82) is 0 Å². The van der Waals surface area contributed by atoms with Gasteiger partial charge < -0.3 is 10.1 Å². The van der Waals surface area contributed by atoms with Gasteiger partial charge in [0.2, 0.25) is 0 Å². The van der Waals surface area contributed by atoms with Crippen LogP contribution in [0.4, 0.5) is 9.18 Å². The predicted molar refractivity (Wildman–Crippen MR) is 58.6 cm³/mol. The van der Waals surface area contributed by atoms with E-state index >= 15 is 0 Å². The number of hydrogen-bond acceptors (Lipinski definition) is 2. The van der Waals surface area contributed by atoms with Gasteiger partial charge in [0, 0.05) is 0 Å². The number of alkyl carbamates (subject to hydrolysis) is 1. The van der Waals surface area contributed by atoms with Crippen molar-refractivity contribution in [3.63, 3.8) is 0 Å². The molecule has 0 fully saturated rings. The second kappa shape index (κ2) is 5.93. The van der Waals surface area contributed by atoms with Gasteiger partial charge in [0.05, 0.1) is 6.04 Å². The number of halogens is 1. The number of alkyl halides is 1. The summed E-state index contributed by atoms with van der Waals surface area (Å²) in [5, 5.41) is 2.52. The lowest BCUT2D eigenvalue weighted by molar-refractivity contribution is 0.0490. The second-order valence-electron chi connectivity index (χ2n) is 5.13. The first-order chi connectivity index (χ1) is 6.74. The van der Waals surface area contributed by atoms with E-state index < -0.39 is 24.4 Å². The van der Waals surface area contributed by atoms with E-state index in [1.54, 1.807) is 20.8 Å². The number of rotatable bonds is 4. The quantitative estimate of drug-likeness (QED) is 0.789. The topological polar surface area (TPSA) is 38.3 Å². The molecule has 0 rings (SSSR count). The van der Waals surface area contributed by atoms with E-state index in [1.807, 2.05) is 13.8 Å². The van der Waals surface area contributed by atoms with Crippen molar-refractivity contribution < 1.29 is 13.9 Å². The third-order valence-electron chi connectivity index (χ3n) is 1.66. The molecule has 90 valence electrons. The molecule has 0 spiro atoms. The summed E-state index contributed by atoms with van der Waals surface area (Å²) in [5.41, 5.74) is -0.539. The Bertz CT molecular complexity index is 199. The molecule has 1 amide bonds. The molecule has 0 aromatic rings. The molecule has 0 unspecified atom stereocenters. The van der Waals surface area contributed by atoms with Gasteiger partial charge in [-0.05, 0) is 33.1 Å². The number of amides is 1. The molecule has 4 heteroatoms. The zero-order chi connectivity index (χ0) is 12.1. The molecule has 1 N–H and O–H groups in total. The summed E-state index contributed by atoms with van der Waals surface area (Å²) in [6.07, 6.45) is 0.0706. The van der Waals surface area contributed by atoms with Gasteiger partial charge in [0.25, 0.3) is 0 Å². The molecule has 0 aliphatic carbocycles. The number of nitrogens with one attached hydrogen (secondary N) is 1. The first-order valence-corrected chi connectivity index (χ1v) is 5.30. The fourth-order valence-corrected chi connectivity index (χ4v) is 1.20. The molecule has 0 saturated carbocycles. The van der Waals surface area contributed by atoms with Crippen molar-refractivity contribution >= 4 is 6.09 Å². The highest BCUT2D eigenvalue weighted by molar-refractivity contribution is 5.68. The van der Waals surface area contributed by atoms with Gasteiger partial charge in [-0.3, -0.25) is 0 Å². The van der Waals surface area contributed by atoms with E-state index in [9.17, 15) is 9.18 Å². The van der Waals surface area contributed by atoms with Crippen LogP contribution in [0.2, 0.25) is 0 Å². The van der Waals surface area contributed by atoms with E-state index in [1.165, 1.54) is 0 Å². The monoisotopic (exact) mass is 219 g/mol. The summed E-state index contributed by atoms with van der Waals surface area (Å²) >= 11 is 0. The largest absolute Gasteiger partial charge is 0.444 e. The Balaban J connectivity index is 4.02. The minimum Gasteiger partial charge on any atom is -0.444 e. The van der Waals surface area contributed by atoms with Crippen molar-refractivity contribution in [2.75, 3.05) is 6.67 Å². The lowest BCUT2D eigenvalue weighted by Gasteiger charge is -2.23. The van der Waals surface area contributed by atoms with Gasteiger partial charge in [0.15, 0.2) is 0 Å². The van der Waals surface area contributed by atoms with E-state index in [0.717, 1.165) is 0 Å². The maximum absolute atomic E-state index is 12.5. The van der Waals surface area contributed by atoms with Crippen LogP contribution >= 0.6 is 0 Å². The van der Waals surface area contributed by atoms with Gasteiger partial charge >= 0.3 is 6.09 Å². The number of ether oxygens (including phenoxy) is 1. The van der Waals surface area contributed by atoms with Crippen LogP contribution in [-0.4, -0.2) is 24.4 Å². The predicted octanol–water partition coefficient (Wildman–Crippen LogP) is 2.90. The Morgan fingerprint density at radius 3 is 2.27 bits per heavy atom. The molecule has 15 heavy (non-hydrogen) atoms. The Labute approximate surface area is 91.4 Å². The lowest BCUT2D eigenvalue weighted by Crippen LogP contribution is -2.40. The Morgan fingerprint density at radius 1 is 1.40 bits per heavy atom. The molecule has 0 aliphatic rings. The fourth-order valence-electron chi connectivity index (χ4n) is 1.20. The Kier molecular flexibility index (Phi) is 5.61. The smallest absolute Gasteiger partial charge is 0.407 e. The SMILES string of the molecule is CC(C)C[C@H](CF)NC(=O)OC(C)(C)C. The van der Waals surface area contributed by atoms with Crippen LogP contribution < -0.4 is 5.32 Å². The first-order valence-electron chi connectivity index (χ1n) is 5.30. The molecule has 0 heterocycles. The average molecular weight is 219 g/mol. The number of carbonyl (C=O) groups is 1. The summed E-state index contributed by atoms with van der Waals surface area (Å²) in [7, 11) is 0. The standard InChI is InChI=1S/C11H22FNO2/c1-8(2)6-9(7-12)13-10(14)15-11(3,4)5/h8-9H,6-7H2,1-5H3,(H,13,14)/t9-/m1/s1. The van der Waals surface area contributed by atoms with Gasteiger partial charge in [0.1, 0.15) is 12.3 Å². The highest BCUT2D eigenvalue weighted by Gasteiger charge is 2.19. The molecule has 0 saturated heterocycles. The summed E-state index contributed by atoms with van der Waals surface area (Å²) < 4.78 is 17.6. The highest BCUT2D eigenvalue weighted by atomic mass is 19.1. The van der Waals surface area contributed by atoms with Gasteiger partial charge in [-0.1, -0.05) is 13.8 Å². The molecule has 0 aromatic heterocycles. The van der Waals surface area contributed by atoms with Crippen molar-refractivity contribution in [2.45, 2.75) is 52.7 Å². The third kappa shape index (κ3) is 8.21. The van der Waals surface area contributed by atoms with Crippen LogP contribution in [0.1, 0.15) is 41.0 Å². The van der Waals surface area contributed by atoms with Crippen LogP contribution in [0.15, 0.2) is 0 Å². The fraction of sp³-hybridized carbons (Fsp3) is 0.909. The molecular weight excluding hydrogens is 197 g/mol. The molecule has 0 radical (unpaired) electrons. The van der Waals surface area contributed by atoms with E-state index in [2.05, 4.69) is 5.32 Å². The maximum atomic E-state index is 12.5.